The largest absolute Gasteiger partial charge is 0.378 e. The van der Waals surface area contributed by atoms with Crippen molar-refractivity contribution in [1.82, 2.24) is 10.2 Å². The molecular formula is C9H18N2O2. The topological polar surface area (TPSA) is 41.6 Å². The van der Waals surface area contributed by atoms with Crippen molar-refractivity contribution < 1.29 is 9.53 Å². The van der Waals surface area contributed by atoms with E-state index in [9.17, 15) is 4.79 Å². The molecule has 76 valence electrons. The molecule has 0 unspecified atom stereocenters. The van der Waals surface area contributed by atoms with E-state index >= 15 is 0 Å². The molecule has 0 saturated carbocycles. The molecule has 0 aromatic carbocycles. The lowest BCUT2D eigenvalue weighted by atomic mass is 10.2. The van der Waals surface area contributed by atoms with E-state index in [1.165, 1.54) is 0 Å². The van der Waals surface area contributed by atoms with Crippen molar-refractivity contribution in [2.75, 3.05) is 26.8 Å². The van der Waals surface area contributed by atoms with Crippen molar-refractivity contribution in [3.05, 3.63) is 0 Å². The molecule has 4 heteroatoms. The molecule has 4 nitrogen and oxygen atoms in total. The van der Waals surface area contributed by atoms with Gasteiger partial charge in [0, 0.05) is 19.6 Å². The third-order valence-corrected chi connectivity index (χ3v) is 2.34. The number of nitrogens with zero attached hydrogens (tertiary/aromatic N) is 1. The van der Waals surface area contributed by atoms with Crippen molar-refractivity contribution in [3.63, 3.8) is 0 Å². The monoisotopic (exact) mass is 186 g/mol. The molecule has 1 heterocycles. The highest BCUT2D eigenvalue weighted by Crippen LogP contribution is 2.01. The number of ether oxygens (including phenoxy) is 1. The number of likely N-dealkylation sites (N-methyl/N-ethyl adjacent to an activating group) is 1. The van der Waals surface area contributed by atoms with Gasteiger partial charge in [0.2, 0.25) is 5.91 Å². The Kier molecular flexibility index (Phi) is 3.69. The second-order valence-electron chi connectivity index (χ2n) is 3.62. The van der Waals surface area contributed by atoms with E-state index in [0.29, 0.717) is 13.2 Å². The summed E-state index contributed by atoms with van der Waals surface area (Å²) in [5.74, 6) is 0.120. The van der Waals surface area contributed by atoms with E-state index in [2.05, 4.69) is 5.32 Å². The molecule has 0 aromatic rings. The van der Waals surface area contributed by atoms with Crippen LogP contribution in [0.25, 0.3) is 0 Å². The summed E-state index contributed by atoms with van der Waals surface area (Å²) in [6.07, 6.45) is 0. The maximum Gasteiger partial charge on any atom is 0.242 e. The van der Waals surface area contributed by atoms with Crippen molar-refractivity contribution in [2.24, 2.45) is 0 Å². The van der Waals surface area contributed by atoms with E-state index in [1.54, 1.807) is 4.90 Å². The van der Waals surface area contributed by atoms with Crippen LogP contribution < -0.4 is 5.32 Å². The van der Waals surface area contributed by atoms with E-state index < -0.39 is 0 Å². The summed E-state index contributed by atoms with van der Waals surface area (Å²) in [6, 6.07) is 0.0948. The average Bonchev–Trinajstić information content (AvgIpc) is 2.17. The highest BCUT2D eigenvalue weighted by Gasteiger charge is 2.25. The molecule has 0 aromatic heterocycles. The third kappa shape index (κ3) is 2.67. The number of rotatable bonds is 2. The Bertz CT molecular complexity index is 176. The molecule has 0 bridgehead atoms. The Hall–Kier alpha value is -0.610. The van der Waals surface area contributed by atoms with Crippen LogP contribution in [0.4, 0.5) is 0 Å². The van der Waals surface area contributed by atoms with E-state index in [4.69, 9.17) is 4.74 Å². The van der Waals surface area contributed by atoms with Gasteiger partial charge in [-0.25, -0.2) is 0 Å². The number of carbonyl (C=O) groups is 1. The SMILES string of the molecule is CC(C)N(C)C(=O)[C@H]1COCCN1. The summed E-state index contributed by atoms with van der Waals surface area (Å²) in [7, 11) is 1.82. The fraction of sp³-hybridized carbons (Fsp3) is 0.889. The standard InChI is InChI=1S/C9H18N2O2/c1-7(2)11(3)9(12)8-6-13-5-4-10-8/h7-8,10H,4-6H2,1-3H3/t8-/m1/s1. The summed E-state index contributed by atoms with van der Waals surface area (Å²) >= 11 is 0. The summed E-state index contributed by atoms with van der Waals surface area (Å²) in [6.45, 7) is 5.97. The van der Waals surface area contributed by atoms with E-state index in [-0.39, 0.29) is 18.0 Å². The van der Waals surface area contributed by atoms with Gasteiger partial charge in [-0.05, 0) is 13.8 Å². The summed E-state index contributed by atoms with van der Waals surface area (Å²) in [5, 5.41) is 3.14. The maximum atomic E-state index is 11.7. The van der Waals surface area contributed by atoms with Gasteiger partial charge in [-0.2, -0.15) is 0 Å². The predicted molar refractivity (Wildman–Crippen MR) is 50.5 cm³/mol. The molecule has 1 rings (SSSR count). The van der Waals surface area contributed by atoms with Crippen molar-refractivity contribution in [1.29, 1.82) is 0 Å². The molecule has 0 spiro atoms. The molecule has 1 N–H and O–H groups in total. The normalized spacial score (nSPS) is 23.2. The number of morpholine rings is 1. The zero-order valence-electron chi connectivity index (χ0n) is 8.54. The van der Waals surface area contributed by atoms with E-state index in [1.807, 2.05) is 20.9 Å². The molecule has 1 fully saturated rings. The van der Waals surface area contributed by atoms with Gasteiger partial charge in [0.05, 0.1) is 13.2 Å². The Morgan fingerprint density at radius 2 is 2.31 bits per heavy atom. The summed E-state index contributed by atoms with van der Waals surface area (Å²) in [4.78, 5) is 13.5. The predicted octanol–water partition coefficient (Wildman–Crippen LogP) is -0.158. The summed E-state index contributed by atoms with van der Waals surface area (Å²) < 4.78 is 5.22. The van der Waals surface area contributed by atoms with Crippen molar-refractivity contribution in [2.45, 2.75) is 25.9 Å². The lowest BCUT2D eigenvalue weighted by Gasteiger charge is -2.29. The third-order valence-electron chi connectivity index (χ3n) is 2.34. The van der Waals surface area contributed by atoms with Crippen LogP contribution in [-0.4, -0.2) is 49.7 Å². The zero-order valence-corrected chi connectivity index (χ0v) is 8.54. The number of hydrogen-bond acceptors (Lipinski definition) is 3. The highest BCUT2D eigenvalue weighted by atomic mass is 16.5. The minimum Gasteiger partial charge on any atom is -0.378 e. The van der Waals surface area contributed by atoms with Gasteiger partial charge in [-0.15, -0.1) is 0 Å². The molecule has 1 amide bonds. The van der Waals surface area contributed by atoms with Crippen LogP contribution in [0.15, 0.2) is 0 Å². The molecule has 0 aliphatic carbocycles. The lowest BCUT2D eigenvalue weighted by molar-refractivity contribution is -0.136. The minimum atomic E-state index is -0.152. The quantitative estimate of drug-likeness (QED) is 0.651. The van der Waals surface area contributed by atoms with Gasteiger partial charge in [0.15, 0.2) is 0 Å². The van der Waals surface area contributed by atoms with Gasteiger partial charge in [-0.1, -0.05) is 0 Å². The average molecular weight is 186 g/mol. The van der Waals surface area contributed by atoms with Crippen LogP contribution in [0, 0.1) is 0 Å². The molecular weight excluding hydrogens is 168 g/mol. The molecule has 13 heavy (non-hydrogen) atoms. The van der Waals surface area contributed by atoms with Gasteiger partial charge in [0.25, 0.3) is 0 Å². The Morgan fingerprint density at radius 1 is 1.62 bits per heavy atom. The van der Waals surface area contributed by atoms with Crippen LogP contribution in [0.5, 0.6) is 0 Å². The number of carbonyl (C=O) groups excluding carboxylic acids is 1. The number of amides is 1. The fourth-order valence-corrected chi connectivity index (χ4v) is 1.22. The highest BCUT2D eigenvalue weighted by molar-refractivity contribution is 5.82. The molecule has 1 aliphatic heterocycles. The van der Waals surface area contributed by atoms with E-state index in [0.717, 1.165) is 6.54 Å². The first kappa shape index (κ1) is 10.5. The minimum absolute atomic E-state index is 0.120. The fourth-order valence-electron chi connectivity index (χ4n) is 1.22. The first-order chi connectivity index (χ1) is 6.13. The zero-order chi connectivity index (χ0) is 9.84. The second-order valence-corrected chi connectivity index (χ2v) is 3.62. The molecule has 0 radical (unpaired) electrons. The lowest BCUT2D eigenvalue weighted by Crippen LogP contribution is -2.52. The van der Waals surface area contributed by atoms with Crippen LogP contribution in [0.2, 0.25) is 0 Å². The Labute approximate surface area is 79.2 Å². The second kappa shape index (κ2) is 4.58. The van der Waals surface area contributed by atoms with Gasteiger partial charge >= 0.3 is 0 Å². The first-order valence-electron chi connectivity index (χ1n) is 4.70. The molecule has 1 saturated heterocycles. The van der Waals surface area contributed by atoms with Gasteiger partial charge in [-0.3, -0.25) is 4.79 Å². The maximum absolute atomic E-state index is 11.7. The van der Waals surface area contributed by atoms with Crippen LogP contribution in [0.3, 0.4) is 0 Å². The number of hydrogen-bond donors (Lipinski definition) is 1. The Balaban J connectivity index is 2.45. The summed E-state index contributed by atoms with van der Waals surface area (Å²) in [5.41, 5.74) is 0. The number of nitrogens with one attached hydrogen (secondary N) is 1. The molecule has 1 atom stereocenters. The van der Waals surface area contributed by atoms with Crippen molar-refractivity contribution >= 4 is 5.91 Å². The van der Waals surface area contributed by atoms with Crippen molar-refractivity contribution in [3.8, 4) is 0 Å². The first-order valence-corrected chi connectivity index (χ1v) is 4.70. The van der Waals surface area contributed by atoms with Crippen LogP contribution >= 0.6 is 0 Å². The van der Waals surface area contributed by atoms with Gasteiger partial charge < -0.3 is 15.0 Å². The smallest absolute Gasteiger partial charge is 0.242 e. The van der Waals surface area contributed by atoms with Crippen LogP contribution in [-0.2, 0) is 9.53 Å². The molecule has 1 aliphatic rings. The Morgan fingerprint density at radius 3 is 2.77 bits per heavy atom. The van der Waals surface area contributed by atoms with Gasteiger partial charge in [0.1, 0.15) is 6.04 Å². The van der Waals surface area contributed by atoms with Crippen LogP contribution in [0.1, 0.15) is 13.8 Å².